The molecule has 0 aromatic heterocycles. The first-order valence-corrected chi connectivity index (χ1v) is 8.25. The number of methoxy groups -OCH3 is 1. The number of hydrogen-bond donors (Lipinski definition) is 2. The predicted molar refractivity (Wildman–Crippen MR) is 101 cm³/mol. The maximum absolute atomic E-state index is 12.3. The molecular weight excluding hydrogens is 416 g/mol. The Morgan fingerprint density at radius 3 is 2.58 bits per heavy atom. The minimum atomic E-state index is -0.512. The van der Waals surface area contributed by atoms with Gasteiger partial charge in [0.15, 0.2) is 5.11 Å². The van der Waals surface area contributed by atoms with Crippen molar-refractivity contribution in [2.24, 2.45) is 0 Å². The molecule has 0 spiro atoms. The number of hydrogen-bond acceptors (Lipinski definition) is 4. The molecule has 0 atom stereocenters. The highest BCUT2D eigenvalue weighted by molar-refractivity contribution is 9.10. The van der Waals surface area contributed by atoms with Crippen LogP contribution < -0.4 is 10.6 Å². The Morgan fingerprint density at radius 1 is 1.17 bits per heavy atom. The Balaban J connectivity index is 2.13. The normalized spacial score (nSPS) is 9.96. The van der Waals surface area contributed by atoms with Crippen LogP contribution >= 0.6 is 39.7 Å². The Kier molecular flexibility index (Phi) is 6.30. The lowest BCUT2D eigenvalue weighted by molar-refractivity contribution is 0.0602. The number of nitrogens with one attached hydrogen (secondary N) is 2. The molecule has 0 saturated heterocycles. The highest BCUT2D eigenvalue weighted by atomic mass is 79.9. The number of amides is 1. The number of halogens is 2. The standard InChI is InChI=1S/C16H12BrClN2O3S/c1-23-15(22)10-4-2-3-5-13(10)19-16(24)20-14(21)11-8-9(17)6-7-12(11)18/h2-8H,1H3,(H2,19,20,21,24). The molecule has 1 amide bonds. The van der Waals surface area contributed by atoms with E-state index in [4.69, 9.17) is 28.6 Å². The molecule has 5 nitrogen and oxygen atoms in total. The SMILES string of the molecule is COC(=O)c1ccccc1NC(=S)NC(=O)c1cc(Br)ccc1Cl. The monoisotopic (exact) mass is 426 g/mol. The first kappa shape index (κ1) is 18.4. The summed E-state index contributed by atoms with van der Waals surface area (Å²) in [5, 5.41) is 5.66. The fraction of sp³-hybridized carbons (Fsp3) is 0.0625. The van der Waals surface area contributed by atoms with E-state index in [0.29, 0.717) is 20.7 Å². The topological polar surface area (TPSA) is 67.4 Å². The first-order valence-electron chi connectivity index (χ1n) is 6.67. The number of para-hydroxylation sites is 1. The summed E-state index contributed by atoms with van der Waals surface area (Å²) in [4.78, 5) is 24.0. The van der Waals surface area contributed by atoms with E-state index < -0.39 is 11.9 Å². The van der Waals surface area contributed by atoms with Gasteiger partial charge in [0, 0.05) is 4.47 Å². The molecule has 0 saturated carbocycles. The second kappa shape index (κ2) is 8.23. The van der Waals surface area contributed by atoms with Crippen LogP contribution in [0.1, 0.15) is 20.7 Å². The lowest BCUT2D eigenvalue weighted by Crippen LogP contribution is -2.34. The number of ether oxygens (including phenoxy) is 1. The Hall–Kier alpha value is -1.96. The largest absolute Gasteiger partial charge is 0.465 e. The van der Waals surface area contributed by atoms with Crippen LogP contribution in [0.2, 0.25) is 5.02 Å². The Bertz CT molecular complexity index is 814. The fourth-order valence-corrected chi connectivity index (χ4v) is 2.64. The van der Waals surface area contributed by atoms with Crippen LogP contribution in [0.3, 0.4) is 0 Å². The molecular formula is C16H12BrClN2O3S. The van der Waals surface area contributed by atoms with Gasteiger partial charge in [-0.05, 0) is 42.5 Å². The number of esters is 1. The molecule has 0 heterocycles. The van der Waals surface area contributed by atoms with E-state index in [1.54, 1.807) is 42.5 Å². The summed E-state index contributed by atoms with van der Waals surface area (Å²) in [6.45, 7) is 0. The van der Waals surface area contributed by atoms with Crippen molar-refractivity contribution in [3.05, 3.63) is 63.1 Å². The summed E-state index contributed by atoms with van der Waals surface area (Å²) in [6.07, 6.45) is 0. The van der Waals surface area contributed by atoms with Gasteiger partial charge >= 0.3 is 5.97 Å². The van der Waals surface area contributed by atoms with Crippen LogP contribution in [-0.4, -0.2) is 24.1 Å². The van der Waals surface area contributed by atoms with Gasteiger partial charge in [0.2, 0.25) is 0 Å². The number of anilines is 1. The van der Waals surface area contributed by atoms with Crippen molar-refractivity contribution in [3.8, 4) is 0 Å². The van der Waals surface area contributed by atoms with E-state index in [1.807, 2.05) is 0 Å². The summed E-state index contributed by atoms with van der Waals surface area (Å²) in [7, 11) is 1.29. The lowest BCUT2D eigenvalue weighted by Gasteiger charge is -2.13. The summed E-state index contributed by atoms with van der Waals surface area (Å²) in [5.41, 5.74) is 1.00. The maximum Gasteiger partial charge on any atom is 0.339 e. The van der Waals surface area contributed by atoms with Crippen molar-refractivity contribution in [1.29, 1.82) is 0 Å². The second-order valence-corrected chi connectivity index (χ2v) is 6.30. The highest BCUT2D eigenvalue weighted by Crippen LogP contribution is 2.21. The number of carbonyl (C=O) groups is 2. The molecule has 0 radical (unpaired) electrons. The molecule has 0 unspecified atom stereocenters. The van der Waals surface area contributed by atoms with Gasteiger partial charge < -0.3 is 10.1 Å². The highest BCUT2D eigenvalue weighted by Gasteiger charge is 2.15. The van der Waals surface area contributed by atoms with E-state index in [1.165, 1.54) is 7.11 Å². The van der Waals surface area contributed by atoms with Crippen molar-refractivity contribution >= 4 is 62.4 Å². The van der Waals surface area contributed by atoms with Gasteiger partial charge in [-0.2, -0.15) is 0 Å². The number of carbonyl (C=O) groups excluding carboxylic acids is 2. The zero-order valence-electron chi connectivity index (χ0n) is 12.4. The third kappa shape index (κ3) is 4.53. The quantitative estimate of drug-likeness (QED) is 0.572. The molecule has 2 aromatic rings. The van der Waals surface area contributed by atoms with Crippen molar-refractivity contribution < 1.29 is 14.3 Å². The van der Waals surface area contributed by atoms with Crippen molar-refractivity contribution in [2.45, 2.75) is 0 Å². The van der Waals surface area contributed by atoms with Gasteiger partial charge in [-0.1, -0.05) is 39.7 Å². The van der Waals surface area contributed by atoms with Crippen LogP contribution in [0.15, 0.2) is 46.9 Å². The number of thiocarbonyl (C=S) groups is 1. The van der Waals surface area contributed by atoms with Gasteiger partial charge in [0.1, 0.15) is 0 Å². The molecule has 0 fully saturated rings. The third-order valence-electron chi connectivity index (χ3n) is 2.98. The molecule has 124 valence electrons. The van der Waals surface area contributed by atoms with Crippen LogP contribution in [0, 0.1) is 0 Å². The van der Waals surface area contributed by atoms with Gasteiger partial charge in [0.05, 0.1) is 28.9 Å². The van der Waals surface area contributed by atoms with Gasteiger partial charge in [-0.15, -0.1) is 0 Å². The Labute approximate surface area is 157 Å². The molecule has 0 aliphatic rings. The molecule has 24 heavy (non-hydrogen) atoms. The molecule has 8 heteroatoms. The van der Waals surface area contributed by atoms with Gasteiger partial charge in [-0.25, -0.2) is 4.79 Å². The zero-order valence-corrected chi connectivity index (χ0v) is 15.6. The minimum absolute atomic E-state index is 0.0346. The van der Waals surface area contributed by atoms with Gasteiger partial charge in [0.25, 0.3) is 5.91 Å². The van der Waals surface area contributed by atoms with Crippen LogP contribution in [0.4, 0.5) is 5.69 Å². The predicted octanol–water partition coefficient (Wildman–Crippen LogP) is 4.02. The summed E-state index contributed by atoms with van der Waals surface area (Å²) >= 11 is 14.4. The van der Waals surface area contributed by atoms with Crippen molar-refractivity contribution in [1.82, 2.24) is 5.32 Å². The summed E-state index contributed by atoms with van der Waals surface area (Å²) in [5.74, 6) is -0.975. The average Bonchev–Trinajstić information content (AvgIpc) is 2.56. The van der Waals surface area contributed by atoms with E-state index in [9.17, 15) is 9.59 Å². The molecule has 2 N–H and O–H groups in total. The first-order chi connectivity index (χ1) is 11.4. The van der Waals surface area contributed by atoms with Crippen molar-refractivity contribution in [2.75, 3.05) is 12.4 Å². The summed E-state index contributed by atoms with van der Waals surface area (Å²) in [6, 6.07) is 11.6. The Morgan fingerprint density at radius 2 is 1.88 bits per heavy atom. The smallest absolute Gasteiger partial charge is 0.339 e. The molecule has 2 aromatic carbocycles. The lowest BCUT2D eigenvalue weighted by atomic mass is 10.2. The van der Waals surface area contributed by atoms with E-state index in [-0.39, 0.29) is 10.7 Å². The number of benzene rings is 2. The molecule has 0 bridgehead atoms. The van der Waals surface area contributed by atoms with Crippen LogP contribution in [0.25, 0.3) is 0 Å². The van der Waals surface area contributed by atoms with E-state index in [0.717, 1.165) is 0 Å². The maximum atomic E-state index is 12.3. The van der Waals surface area contributed by atoms with Gasteiger partial charge in [-0.3, -0.25) is 10.1 Å². The van der Waals surface area contributed by atoms with Crippen LogP contribution in [-0.2, 0) is 4.74 Å². The van der Waals surface area contributed by atoms with E-state index in [2.05, 4.69) is 26.6 Å². The van der Waals surface area contributed by atoms with E-state index >= 15 is 0 Å². The summed E-state index contributed by atoms with van der Waals surface area (Å²) < 4.78 is 5.42. The van der Waals surface area contributed by atoms with Crippen molar-refractivity contribution in [3.63, 3.8) is 0 Å². The fourth-order valence-electron chi connectivity index (χ4n) is 1.88. The molecule has 0 aliphatic carbocycles. The second-order valence-electron chi connectivity index (χ2n) is 4.57. The zero-order chi connectivity index (χ0) is 17.7. The average molecular weight is 428 g/mol. The third-order valence-corrected chi connectivity index (χ3v) is 4.01. The molecule has 2 rings (SSSR count). The number of rotatable bonds is 3. The van der Waals surface area contributed by atoms with Crippen LogP contribution in [0.5, 0.6) is 0 Å². The molecule has 0 aliphatic heterocycles. The minimum Gasteiger partial charge on any atom is -0.465 e.